The van der Waals surface area contributed by atoms with E-state index in [0.29, 0.717) is 13.0 Å². The molecule has 0 heterocycles. The zero-order chi connectivity index (χ0) is 15.6. The van der Waals surface area contributed by atoms with Crippen molar-refractivity contribution in [1.29, 1.82) is 0 Å². The molecular formula is C14H29N3O3. The Bertz CT molecular complexity index is 301. The number of carbonyl (C=O) groups is 2. The summed E-state index contributed by atoms with van der Waals surface area (Å²) >= 11 is 0. The van der Waals surface area contributed by atoms with E-state index >= 15 is 0 Å². The first-order valence-corrected chi connectivity index (χ1v) is 7.21. The lowest BCUT2D eigenvalue weighted by molar-refractivity contribution is -0.142. The van der Waals surface area contributed by atoms with Gasteiger partial charge in [0.25, 0.3) is 0 Å². The molecule has 0 bridgehead atoms. The second-order valence-corrected chi connectivity index (χ2v) is 6.14. The molecule has 0 aliphatic rings. The Labute approximate surface area is 121 Å². The lowest BCUT2D eigenvalue weighted by Gasteiger charge is -2.23. The molecule has 0 fully saturated rings. The van der Waals surface area contributed by atoms with Crippen LogP contribution in [0, 0.1) is 11.3 Å². The summed E-state index contributed by atoms with van der Waals surface area (Å²) in [5.41, 5.74) is -0.0764. The molecule has 118 valence electrons. The van der Waals surface area contributed by atoms with Gasteiger partial charge in [0.1, 0.15) is 0 Å². The zero-order valence-electron chi connectivity index (χ0n) is 13.1. The van der Waals surface area contributed by atoms with Gasteiger partial charge in [-0.2, -0.15) is 0 Å². The van der Waals surface area contributed by atoms with Gasteiger partial charge < -0.3 is 21.1 Å². The molecule has 0 aromatic carbocycles. The van der Waals surface area contributed by atoms with E-state index in [9.17, 15) is 9.59 Å². The topological polar surface area (TPSA) is 90.5 Å². The largest absolute Gasteiger partial charge is 0.481 e. The van der Waals surface area contributed by atoms with Gasteiger partial charge in [-0.15, -0.1) is 0 Å². The minimum absolute atomic E-state index is 0.0764. The number of hydrogen-bond acceptors (Lipinski definition) is 3. The van der Waals surface area contributed by atoms with Gasteiger partial charge in [-0.1, -0.05) is 27.7 Å². The Morgan fingerprint density at radius 1 is 1.15 bits per heavy atom. The van der Waals surface area contributed by atoms with E-state index in [-0.39, 0.29) is 18.0 Å². The fraction of sp³-hybridized carbons (Fsp3) is 0.857. The molecule has 0 rings (SSSR count). The highest BCUT2D eigenvalue weighted by Crippen LogP contribution is 2.24. The number of amides is 2. The highest BCUT2D eigenvalue weighted by atomic mass is 16.4. The Morgan fingerprint density at radius 3 is 2.30 bits per heavy atom. The standard InChI is InChI=1S/C14H29N3O3/c1-5-15-7-6-8-16-13(20)17-10-11(12(18)19)9-14(2,3)4/h11,15H,5-10H2,1-4H3,(H,18,19)(H2,16,17,20). The third kappa shape index (κ3) is 10.6. The minimum atomic E-state index is -0.868. The van der Waals surface area contributed by atoms with E-state index in [0.717, 1.165) is 19.5 Å². The second-order valence-electron chi connectivity index (χ2n) is 6.14. The molecule has 0 aromatic rings. The third-order valence-electron chi connectivity index (χ3n) is 2.78. The van der Waals surface area contributed by atoms with E-state index in [1.807, 2.05) is 27.7 Å². The van der Waals surface area contributed by atoms with Crippen molar-refractivity contribution in [2.45, 2.75) is 40.5 Å². The number of hydrogen-bond donors (Lipinski definition) is 4. The van der Waals surface area contributed by atoms with E-state index in [1.54, 1.807) is 0 Å². The predicted octanol–water partition coefficient (Wildman–Crippen LogP) is 1.42. The first kappa shape index (κ1) is 18.7. The molecule has 0 radical (unpaired) electrons. The van der Waals surface area contributed by atoms with Crippen molar-refractivity contribution in [2.24, 2.45) is 11.3 Å². The molecule has 6 nitrogen and oxygen atoms in total. The molecule has 4 N–H and O–H groups in total. The average Bonchev–Trinajstić information content (AvgIpc) is 2.32. The molecule has 2 amide bonds. The first-order valence-electron chi connectivity index (χ1n) is 7.21. The van der Waals surface area contributed by atoms with Crippen LogP contribution in [0.2, 0.25) is 0 Å². The molecule has 0 saturated carbocycles. The smallest absolute Gasteiger partial charge is 0.314 e. The molecule has 0 aliphatic heterocycles. The van der Waals surface area contributed by atoms with Crippen LogP contribution in [0.3, 0.4) is 0 Å². The Hall–Kier alpha value is -1.30. The number of urea groups is 1. The Balaban J connectivity index is 3.91. The summed E-state index contributed by atoms with van der Waals surface area (Å²) in [7, 11) is 0. The van der Waals surface area contributed by atoms with Crippen LogP contribution >= 0.6 is 0 Å². The Morgan fingerprint density at radius 2 is 1.80 bits per heavy atom. The van der Waals surface area contributed by atoms with E-state index in [4.69, 9.17) is 5.11 Å². The summed E-state index contributed by atoms with van der Waals surface area (Å²) in [5.74, 6) is -1.42. The van der Waals surface area contributed by atoms with Gasteiger partial charge in [0, 0.05) is 13.1 Å². The van der Waals surface area contributed by atoms with E-state index < -0.39 is 11.9 Å². The summed E-state index contributed by atoms with van der Waals surface area (Å²) in [6.45, 7) is 10.5. The first-order chi connectivity index (χ1) is 9.26. The average molecular weight is 287 g/mol. The van der Waals surface area contributed by atoms with Gasteiger partial charge in [0.15, 0.2) is 0 Å². The number of carboxylic acid groups (broad SMARTS) is 1. The normalized spacial score (nSPS) is 12.8. The summed E-state index contributed by atoms with van der Waals surface area (Å²) in [4.78, 5) is 22.7. The van der Waals surface area contributed by atoms with Crippen LogP contribution in [-0.2, 0) is 4.79 Å². The number of aliphatic carboxylic acids is 1. The molecule has 1 unspecified atom stereocenters. The van der Waals surface area contributed by atoms with Crippen molar-refractivity contribution in [1.82, 2.24) is 16.0 Å². The molecule has 0 aromatic heterocycles. The van der Waals surface area contributed by atoms with Crippen molar-refractivity contribution in [3.8, 4) is 0 Å². The van der Waals surface area contributed by atoms with Gasteiger partial charge in [-0.25, -0.2) is 4.79 Å². The highest BCUT2D eigenvalue weighted by molar-refractivity contribution is 5.75. The van der Waals surface area contributed by atoms with Crippen molar-refractivity contribution < 1.29 is 14.7 Å². The quantitative estimate of drug-likeness (QED) is 0.483. The third-order valence-corrected chi connectivity index (χ3v) is 2.78. The van der Waals surface area contributed by atoms with Crippen LogP contribution in [0.1, 0.15) is 40.5 Å². The maximum Gasteiger partial charge on any atom is 0.314 e. The maximum absolute atomic E-state index is 11.5. The number of rotatable bonds is 9. The summed E-state index contributed by atoms with van der Waals surface area (Å²) in [6, 6.07) is -0.304. The van der Waals surface area contributed by atoms with Gasteiger partial charge in [0.2, 0.25) is 0 Å². The second kappa shape index (κ2) is 9.58. The van der Waals surface area contributed by atoms with Crippen molar-refractivity contribution in [2.75, 3.05) is 26.2 Å². The lowest BCUT2D eigenvalue weighted by atomic mass is 9.84. The van der Waals surface area contributed by atoms with Crippen molar-refractivity contribution >= 4 is 12.0 Å². The molecular weight excluding hydrogens is 258 g/mol. The molecule has 0 aliphatic carbocycles. The minimum Gasteiger partial charge on any atom is -0.481 e. The number of carbonyl (C=O) groups excluding carboxylic acids is 1. The van der Waals surface area contributed by atoms with Crippen LogP contribution in [0.5, 0.6) is 0 Å². The fourth-order valence-corrected chi connectivity index (χ4v) is 1.86. The van der Waals surface area contributed by atoms with Gasteiger partial charge in [-0.3, -0.25) is 4.79 Å². The van der Waals surface area contributed by atoms with E-state index in [1.165, 1.54) is 0 Å². The maximum atomic E-state index is 11.5. The SMILES string of the molecule is CCNCCCNC(=O)NCC(CC(C)(C)C)C(=O)O. The van der Waals surface area contributed by atoms with Crippen molar-refractivity contribution in [3.05, 3.63) is 0 Å². The van der Waals surface area contributed by atoms with Crippen LogP contribution in [0.25, 0.3) is 0 Å². The fourth-order valence-electron chi connectivity index (χ4n) is 1.86. The van der Waals surface area contributed by atoms with Crippen LogP contribution in [-0.4, -0.2) is 43.3 Å². The van der Waals surface area contributed by atoms with Crippen LogP contribution in [0.4, 0.5) is 4.79 Å². The van der Waals surface area contributed by atoms with Crippen LogP contribution in [0.15, 0.2) is 0 Å². The molecule has 1 atom stereocenters. The molecule has 20 heavy (non-hydrogen) atoms. The number of nitrogens with one attached hydrogen (secondary N) is 3. The number of carboxylic acids is 1. The van der Waals surface area contributed by atoms with Gasteiger partial charge >= 0.3 is 12.0 Å². The van der Waals surface area contributed by atoms with E-state index in [2.05, 4.69) is 16.0 Å². The summed E-state index contributed by atoms with van der Waals surface area (Å²) in [6.07, 6.45) is 1.38. The Kier molecular flexibility index (Phi) is 8.96. The highest BCUT2D eigenvalue weighted by Gasteiger charge is 2.24. The molecule has 6 heteroatoms. The predicted molar refractivity (Wildman–Crippen MR) is 79.8 cm³/mol. The molecule has 0 spiro atoms. The van der Waals surface area contributed by atoms with Gasteiger partial charge in [-0.05, 0) is 31.3 Å². The summed E-state index contributed by atoms with van der Waals surface area (Å²) in [5, 5.41) is 17.6. The van der Waals surface area contributed by atoms with Gasteiger partial charge in [0.05, 0.1) is 5.92 Å². The zero-order valence-corrected chi connectivity index (χ0v) is 13.1. The molecule has 0 saturated heterocycles. The monoisotopic (exact) mass is 287 g/mol. The van der Waals surface area contributed by atoms with Crippen molar-refractivity contribution in [3.63, 3.8) is 0 Å². The lowest BCUT2D eigenvalue weighted by Crippen LogP contribution is -2.41. The van der Waals surface area contributed by atoms with Crippen LogP contribution < -0.4 is 16.0 Å². The summed E-state index contributed by atoms with van der Waals surface area (Å²) < 4.78 is 0.